The van der Waals surface area contributed by atoms with Crippen LogP contribution < -0.4 is 5.43 Å². The summed E-state index contributed by atoms with van der Waals surface area (Å²) in [5.41, 5.74) is 2.67. The molecule has 3 heteroatoms. The lowest BCUT2D eigenvalue weighted by Crippen LogP contribution is -2.28. The van der Waals surface area contributed by atoms with E-state index in [1.54, 1.807) is 14.2 Å². The van der Waals surface area contributed by atoms with Gasteiger partial charge in [-0.25, -0.2) is 0 Å². The van der Waals surface area contributed by atoms with Crippen LogP contribution in [0.1, 0.15) is 0 Å². The van der Waals surface area contributed by atoms with Crippen LogP contribution in [0.15, 0.2) is 12.8 Å². The van der Waals surface area contributed by atoms with Gasteiger partial charge in [-0.1, -0.05) is 6.58 Å². The molecule has 0 saturated carbocycles. The van der Waals surface area contributed by atoms with Crippen molar-refractivity contribution in [2.45, 2.75) is 0 Å². The van der Waals surface area contributed by atoms with Crippen molar-refractivity contribution in [2.75, 3.05) is 14.2 Å². The third-order valence-corrected chi connectivity index (χ3v) is 0.547. The minimum absolute atomic E-state index is 1.44. The van der Waals surface area contributed by atoms with E-state index in [1.807, 2.05) is 0 Å². The number of hydrogen-bond donors (Lipinski definition) is 1. The zero-order chi connectivity index (χ0) is 5.70. The second kappa shape index (κ2) is 3.64. The first kappa shape index (κ1) is 6.46. The van der Waals surface area contributed by atoms with Crippen LogP contribution in [0.4, 0.5) is 0 Å². The largest absolute Gasteiger partial charge is 0.304 e. The summed E-state index contributed by atoms with van der Waals surface area (Å²) >= 11 is 0. The van der Waals surface area contributed by atoms with E-state index in [-0.39, 0.29) is 0 Å². The predicted octanol–water partition coefficient (Wildman–Crippen LogP) is 0.128. The minimum Gasteiger partial charge on any atom is -0.304 e. The van der Waals surface area contributed by atoms with Crippen LogP contribution in [0.3, 0.4) is 0 Å². The van der Waals surface area contributed by atoms with Crippen molar-refractivity contribution >= 4 is 0 Å². The average Bonchev–Trinajstić information content (AvgIpc) is 1.68. The van der Waals surface area contributed by atoms with Gasteiger partial charge in [0.15, 0.2) is 0 Å². The van der Waals surface area contributed by atoms with Gasteiger partial charge in [-0.05, 0) is 0 Å². The highest BCUT2D eigenvalue weighted by molar-refractivity contribution is 4.55. The molecule has 3 nitrogen and oxygen atoms in total. The van der Waals surface area contributed by atoms with E-state index in [4.69, 9.17) is 0 Å². The fourth-order valence-corrected chi connectivity index (χ4v) is 0.181. The second-order valence-electron chi connectivity index (χ2n) is 1.01. The monoisotopic (exact) mass is 102 g/mol. The number of nitrogens with zero attached hydrogens (tertiary/aromatic N) is 1. The molecule has 0 spiro atoms. The third kappa shape index (κ3) is 3.29. The normalized spacial score (nSPS) is 9.00. The van der Waals surface area contributed by atoms with E-state index in [1.165, 1.54) is 11.4 Å². The molecule has 1 N–H and O–H groups in total. The summed E-state index contributed by atoms with van der Waals surface area (Å²) in [4.78, 5) is 4.64. The lowest BCUT2D eigenvalue weighted by Gasteiger charge is -2.10. The molecule has 42 valence electrons. The van der Waals surface area contributed by atoms with Crippen LogP contribution in [0.25, 0.3) is 0 Å². The molecule has 0 amide bonds. The Bertz CT molecular complexity index is 55.7. The fourth-order valence-electron chi connectivity index (χ4n) is 0.181. The maximum Gasteiger partial charge on any atom is 0.0596 e. The van der Waals surface area contributed by atoms with E-state index in [9.17, 15) is 0 Å². The Morgan fingerprint density at radius 3 is 2.57 bits per heavy atom. The molecule has 0 aromatic carbocycles. The van der Waals surface area contributed by atoms with Gasteiger partial charge in [0, 0.05) is 13.2 Å². The molecule has 0 unspecified atom stereocenters. The Labute approximate surface area is 43.5 Å². The summed E-state index contributed by atoms with van der Waals surface area (Å²) in [7, 11) is 3.30. The average molecular weight is 102 g/mol. The predicted molar refractivity (Wildman–Crippen MR) is 28.1 cm³/mol. The lowest BCUT2D eigenvalue weighted by atomic mass is 11.1. The molecule has 7 heavy (non-hydrogen) atoms. The summed E-state index contributed by atoms with van der Waals surface area (Å²) in [5.74, 6) is 0. The van der Waals surface area contributed by atoms with E-state index in [2.05, 4.69) is 16.8 Å². The number of nitrogens with one attached hydrogen (secondary N) is 1. The van der Waals surface area contributed by atoms with Crippen molar-refractivity contribution in [2.24, 2.45) is 0 Å². The topological polar surface area (TPSA) is 24.5 Å². The van der Waals surface area contributed by atoms with Crippen molar-refractivity contribution in [3.63, 3.8) is 0 Å². The highest BCUT2D eigenvalue weighted by atomic mass is 16.7. The Hall–Kier alpha value is -0.540. The van der Waals surface area contributed by atoms with E-state index in [0.29, 0.717) is 0 Å². The van der Waals surface area contributed by atoms with Crippen LogP contribution in [0.5, 0.6) is 0 Å². The van der Waals surface area contributed by atoms with Crippen molar-refractivity contribution in [3.8, 4) is 0 Å². The molecule has 0 aliphatic carbocycles. The first-order chi connectivity index (χ1) is 3.31. The van der Waals surface area contributed by atoms with Crippen molar-refractivity contribution < 1.29 is 4.84 Å². The molecule has 0 aromatic rings. The molecule has 0 saturated heterocycles. The third-order valence-electron chi connectivity index (χ3n) is 0.547. The summed E-state index contributed by atoms with van der Waals surface area (Å²) in [5, 5.41) is 1.44. The molecular weight excluding hydrogens is 92.1 g/mol. The van der Waals surface area contributed by atoms with E-state index >= 15 is 0 Å². The van der Waals surface area contributed by atoms with Gasteiger partial charge in [0.2, 0.25) is 0 Å². The Morgan fingerprint density at radius 1 is 1.86 bits per heavy atom. The zero-order valence-corrected chi connectivity index (χ0v) is 4.64. The Balaban J connectivity index is 2.98. The Morgan fingerprint density at radius 2 is 2.43 bits per heavy atom. The van der Waals surface area contributed by atoms with Gasteiger partial charge in [0.05, 0.1) is 7.11 Å². The molecule has 0 rings (SSSR count). The number of hydrazine groups is 1. The van der Waals surface area contributed by atoms with Gasteiger partial charge < -0.3 is 5.43 Å². The Kier molecular flexibility index (Phi) is 3.36. The number of rotatable bonds is 3. The smallest absolute Gasteiger partial charge is 0.0596 e. The molecule has 0 heterocycles. The molecule has 0 aromatic heterocycles. The van der Waals surface area contributed by atoms with Gasteiger partial charge in [-0.15, -0.1) is 5.17 Å². The number of hydrogen-bond acceptors (Lipinski definition) is 3. The molecule has 0 aliphatic heterocycles. The lowest BCUT2D eigenvalue weighted by molar-refractivity contribution is -0.138. The number of hydroxylamine groups is 1. The van der Waals surface area contributed by atoms with Crippen LogP contribution >= 0.6 is 0 Å². The maximum atomic E-state index is 4.64. The minimum atomic E-state index is 1.44. The zero-order valence-electron chi connectivity index (χ0n) is 4.64. The van der Waals surface area contributed by atoms with Gasteiger partial charge in [-0.2, -0.15) is 0 Å². The molecule has 0 fully saturated rings. The molecular formula is C4H10N2O. The highest BCUT2D eigenvalue weighted by Crippen LogP contribution is 1.68. The van der Waals surface area contributed by atoms with Gasteiger partial charge in [0.25, 0.3) is 0 Å². The van der Waals surface area contributed by atoms with Gasteiger partial charge in [-0.3, -0.25) is 4.84 Å². The van der Waals surface area contributed by atoms with Crippen LogP contribution in [-0.4, -0.2) is 19.3 Å². The van der Waals surface area contributed by atoms with Crippen LogP contribution in [-0.2, 0) is 4.84 Å². The molecule has 0 radical (unpaired) electrons. The fraction of sp³-hybridized carbons (Fsp3) is 0.500. The standard InChI is InChI=1S/C4H10N2O/c1-4-5-6(2)7-3/h4-5H,1H2,2-3H3. The summed E-state index contributed by atoms with van der Waals surface area (Å²) in [6.07, 6.45) is 1.53. The van der Waals surface area contributed by atoms with Crippen molar-refractivity contribution in [3.05, 3.63) is 12.8 Å². The van der Waals surface area contributed by atoms with E-state index < -0.39 is 0 Å². The molecule has 0 bridgehead atoms. The second-order valence-corrected chi connectivity index (χ2v) is 1.01. The summed E-state index contributed by atoms with van der Waals surface area (Å²) in [6.45, 7) is 3.42. The quantitative estimate of drug-likeness (QED) is 0.512. The summed E-state index contributed by atoms with van der Waals surface area (Å²) in [6, 6.07) is 0. The first-order valence-electron chi connectivity index (χ1n) is 1.96. The van der Waals surface area contributed by atoms with Crippen molar-refractivity contribution in [1.82, 2.24) is 10.6 Å². The van der Waals surface area contributed by atoms with Gasteiger partial charge >= 0.3 is 0 Å². The van der Waals surface area contributed by atoms with E-state index in [0.717, 1.165) is 0 Å². The maximum absolute atomic E-state index is 4.64. The SMILES string of the molecule is C=CNN(C)OC. The molecule has 0 atom stereocenters. The van der Waals surface area contributed by atoms with Gasteiger partial charge in [0.1, 0.15) is 0 Å². The van der Waals surface area contributed by atoms with Crippen LogP contribution in [0.2, 0.25) is 0 Å². The van der Waals surface area contributed by atoms with Crippen molar-refractivity contribution in [1.29, 1.82) is 0 Å². The first-order valence-corrected chi connectivity index (χ1v) is 1.96. The van der Waals surface area contributed by atoms with Crippen LogP contribution in [0, 0.1) is 0 Å². The summed E-state index contributed by atoms with van der Waals surface area (Å²) < 4.78 is 0. The molecule has 0 aliphatic rings. The highest BCUT2D eigenvalue weighted by Gasteiger charge is 1.81.